The van der Waals surface area contributed by atoms with E-state index >= 15 is 0 Å². The van der Waals surface area contributed by atoms with Gasteiger partial charge in [-0.25, -0.2) is 0 Å². The molecule has 0 aromatic heterocycles. The second-order valence-electron chi connectivity index (χ2n) is 5.87. The standard InChI is InChI=1S/C15H28N2OS/c18-15(12-19-14-8-10-16-11-9-14)17-13-6-4-2-1-3-5-7-13/h13-14,16H,1-12H2,(H,17,18). The fraction of sp³-hybridized carbons (Fsp3) is 0.933. The van der Waals surface area contributed by atoms with Gasteiger partial charge >= 0.3 is 0 Å². The fourth-order valence-corrected chi connectivity index (χ4v) is 4.06. The minimum absolute atomic E-state index is 0.258. The minimum Gasteiger partial charge on any atom is -0.353 e. The summed E-state index contributed by atoms with van der Waals surface area (Å²) in [4.78, 5) is 12.0. The smallest absolute Gasteiger partial charge is 0.230 e. The molecule has 0 radical (unpaired) electrons. The molecule has 110 valence electrons. The van der Waals surface area contributed by atoms with Crippen molar-refractivity contribution in [3.8, 4) is 0 Å². The summed E-state index contributed by atoms with van der Waals surface area (Å²) in [6.45, 7) is 2.23. The zero-order chi connectivity index (χ0) is 13.3. The zero-order valence-electron chi connectivity index (χ0n) is 12.0. The van der Waals surface area contributed by atoms with Gasteiger partial charge in [0.25, 0.3) is 0 Å². The number of carbonyl (C=O) groups is 1. The van der Waals surface area contributed by atoms with E-state index in [-0.39, 0.29) is 5.91 Å². The van der Waals surface area contributed by atoms with Gasteiger partial charge in [0.2, 0.25) is 5.91 Å². The van der Waals surface area contributed by atoms with Crippen molar-refractivity contribution in [3.05, 3.63) is 0 Å². The van der Waals surface area contributed by atoms with Crippen LogP contribution in [0.25, 0.3) is 0 Å². The van der Waals surface area contributed by atoms with Crippen molar-refractivity contribution in [2.24, 2.45) is 0 Å². The minimum atomic E-state index is 0.258. The summed E-state index contributed by atoms with van der Waals surface area (Å²) in [5.74, 6) is 0.912. The molecule has 0 bridgehead atoms. The van der Waals surface area contributed by atoms with Crippen LogP contribution in [0, 0.1) is 0 Å². The van der Waals surface area contributed by atoms with Crippen LogP contribution in [0.4, 0.5) is 0 Å². The highest BCUT2D eigenvalue weighted by Crippen LogP contribution is 2.20. The lowest BCUT2D eigenvalue weighted by Crippen LogP contribution is -2.37. The fourth-order valence-electron chi connectivity index (χ4n) is 3.03. The maximum atomic E-state index is 12.0. The number of thioether (sulfide) groups is 1. The van der Waals surface area contributed by atoms with Crippen molar-refractivity contribution < 1.29 is 4.79 Å². The van der Waals surface area contributed by atoms with E-state index in [1.165, 1.54) is 57.8 Å². The molecule has 1 aliphatic heterocycles. The Labute approximate surface area is 121 Å². The van der Waals surface area contributed by atoms with Gasteiger partial charge in [0.15, 0.2) is 0 Å². The first-order valence-corrected chi connectivity index (χ1v) is 9.01. The summed E-state index contributed by atoms with van der Waals surface area (Å²) in [7, 11) is 0. The Morgan fingerprint density at radius 1 is 1.00 bits per heavy atom. The molecule has 2 aliphatic rings. The number of carbonyl (C=O) groups excluding carboxylic acids is 1. The van der Waals surface area contributed by atoms with Crippen LogP contribution in [0.1, 0.15) is 57.8 Å². The third kappa shape index (κ3) is 6.17. The van der Waals surface area contributed by atoms with E-state index in [1.54, 1.807) is 0 Å². The summed E-state index contributed by atoms with van der Waals surface area (Å²) in [6, 6.07) is 0.446. The summed E-state index contributed by atoms with van der Waals surface area (Å²) in [6.07, 6.45) is 11.4. The van der Waals surface area contributed by atoms with Gasteiger partial charge in [0.05, 0.1) is 5.75 Å². The molecule has 2 fully saturated rings. The second-order valence-corrected chi connectivity index (χ2v) is 7.16. The molecule has 0 atom stereocenters. The summed E-state index contributed by atoms with van der Waals surface area (Å²) in [5.41, 5.74) is 0. The normalized spacial score (nSPS) is 23.6. The number of nitrogens with one attached hydrogen (secondary N) is 2. The first-order chi connectivity index (χ1) is 9.34. The lowest BCUT2D eigenvalue weighted by atomic mass is 9.97. The van der Waals surface area contributed by atoms with Gasteiger partial charge in [-0.2, -0.15) is 0 Å². The lowest BCUT2D eigenvalue weighted by Gasteiger charge is -2.23. The molecule has 0 aromatic rings. The molecule has 4 heteroatoms. The van der Waals surface area contributed by atoms with E-state index in [0.717, 1.165) is 13.1 Å². The molecule has 1 saturated heterocycles. The molecule has 1 amide bonds. The first-order valence-electron chi connectivity index (χ1n) is 7.96. The van der Waals surface area contributed by atoms with Crippen LogP contribution >= 0.6 is 11.8 Å². The number of piperidine rings is 1. The largest absolute Gasteiger partial charge is 0.353 e. The predicted molar refractivity (Wildman–Crippen MR) is 82.6 cm³/mol. The average Bonchev–Trinajstić information content (AvgIpc) is 2.41. The van der Waals surface area contributed by atoms with Crippen molar-refractivity contribution in [1.82, 2.24) is 10.6 Å². The quantitative estimate of drug-likeness (QED) is 0.834. The van der Waals surface area contributed by atoms with Crippen LogP contribution in [-0.4, -0.2) is 36.0 Å². The molecule has 0 spiro atoms. The number of hydrogen-bond donors (Lipinski definition) is 2. The van der Waals surface area contributed by atoms with Crippen molar-refractivity contribution in [2.75, 3.05) is 18.8 Å². The molecule has 3 nitrogen and oxygen atoms in total. The molecular formula is C15H28N2OS. The van der Waals surface area contributed by atoms with Crippen molar-refractivity contribution in [2.45, 2.75) is 69.1 Å². The predicted octanol–water partition coefficient (Wildman–Crippen LogP) is 2.70. The first kappa shape index (κ1) is 15.2. The Morgan fingerprint density at radius 2 is 1.63 bits per heavy atom. The van der Waals surface area contributed by atoms with Crippen molar-refractivity contribution in [3.63, 3.8) is 0 Å². The second kappa shape index (κ2) is 8.85. The van der Waals surface area contributed by atoms with Gasteiger partial charge < -0.3 is 10.6 Å². The zero-order valence-corrected chi connectivity index (χ0v) is 12.8. The number of amides is 1. The van der Waals surface area contributed by atoms with Gasteiger partial charge in [0, 0.05) is 11.3 Å². The van der Waals surface area contributed by atoms with Crippen LogP contribution in [0.3, 0.4) is 0 Å². The molecule has 1 saturated carbocycles. The van der Waals surface area contributed by atoms with Crippen LogP contribution < -0.4 is 10.6 Å². The molecular weight excluding hydrogens is 256 g/mol. The van der Waals surface area contributed by atoms with E-state index in [2.05, 4.69) is 10.6 Å². The Kier molecular flexibility index (Phi) is 7.07. The van der Waals surface area contributed by atoms with E-state index < -0.39 is 0 Å². The maximum Gasteiger partial charge on any atom is 0.230 e. The van der Waals surface area contributed by atoms with E-state index in [0.29, 0.717) is 17.0 Å². The molecule has 1 heterocycles. The van der Waals surface area contributed by atoms with Gasteiger partial charge in [-0.05, 0) is 38.8 Å². The Balaban J connectivity index is 1.61. The van der Waals surface area contributed by atoms with Crippen LogP contribution in [-0.2, 0) is 4.79 Å². The highest BCUT2D eigenvalue weighted by atomic mass is 32.2. The van der Waals surface area contributed by atoms with Crippen molar-refractivity contribution in [1.29, 1.82) is 0 Å². The van der Waals surface area contributed by atoms with E-state index in [9.17, 15) is 4.79 Å². The molecule has 0 aromatic carbocycles. The summed E-state index contributed by atoms with van der Waals surface area (Å²) in [5, 5.41) is 7.30. The highest BCUT2D eigenvalue weighted by Gasteiger charge is 2.17. The summed E-state index contributed by atoms with van der Waals surface area (Å²) >= 11 is 1.85. The van der Waals surface area contributed by atoms with Crippen molar-refractivity contribution >= 4 is 17.7 Å². The monoisotopic (exact) mass is 284 g/mol. The number of hydrogen-bond acceptors (Lipinski definition) is 3. The molecule has 19 heavy (non-hydrogen) atoms. The lowest BCUT2D eigenvalue weighted by molar-refractivity contribution is -0.119. The molecule has 2 N–H and O–H groups in total. The maximum absolute atomic E-state index is 12.0. The van der Waals surface area contributed by atoms with Gasteiger partial charge in [-0.1, -0.05) is 32.1 Å². The van der Waals surface area contributed by atoms with Crippen LogP contribution in [0.15, 0.2) is 0 Å². The van der Waals surface area contributed by atoms with E-state index in [1.807, 2.05) is 11.8 Å². The molecule has 0 unspecified atom stereocenters. The Morgan fingerprint density at radius 3 is 2.32 bits per heavy atom. The van der Waals surface area contributed by atoms with Crippen LogP contribution in [0.2, 0.25) is 0 Å². The number of rotatable bonds is 4. The average molecular weight is 284 g/mol. The van der Waals surface area contributed by atoms with E-state index in [4.69, 9.17) is 0 Å². The van der Waals surface area contributed by atoms with Gasteiger partial charge in [-0.3, -0.25) is 4.79 Å². The SMILES string of the molecule is O=C(CSC1CCNCC1)NC1CCCCCCC1. The summed E-state index contributed by atoms with van der Waals surface area (Å²) < 4.78 is 0. The molecule has 1 aliphatic carbocycles. The van der Waals surface area contributed by atoms with Crippen LogP contribution in [0.5, 0.6) is 0 Å². The van der Waals surface area contributed by atoms with Gasteiger partial charge in [-0.15, -0.1) is 11.8 Å². The highest BCUT2D eigenvalue weighted by molar-refractivity contribution is 8.00. The molecule has 2 rings (SSSR count). The topological polar surface area (TPSA) is 41.1 Å². The Bertz CT molecular complexity index is 259. The third-order valence-electron chi connectivity index (χ3n) is 4.21. The Hall–Kier alpha value is -0.220. The third-order valence-corrected chi connectivity index (χ3v) is 5.58. The van der Waals surface area contributed by atoms with Gasteiger partial charge in [0.1, 0.15) is 0 Å².